The fourth-order valence-electron chi connectivity index (χ4n) is 7.01. The number of halogens is 10. The van der Waals surface area contributed by atoms with E-state index in [1.165, 1.54) is 49.1 Å². The van der Waals surface area contributed by atoms with E-state index in [4.69, 9.17) is 4.98 Å². The minimum atomic E-state index is -2.44. The molecule has 5 aromatic heterocycles. The van der Waals surface area contributed by atoms with E-state index in [-0.39, 0.29) is 22.1 Å². The third-order valence-electron chi connectivity index (χ3n) is 9.57. The molecular weight excluding hydrogens is 778 g/mol. The minimum absolute atomic E-state index is 0.228. The van der Waals surface area contributed by atoms with Gasteiger partial charge in [0.05, 0.1) is 33.9 Å². The number of aromatic amines is 2. The summed E-state index contributed by atoms with van der Waals surface area (Å²) in [6.45, 7) is 0. The number of hydrogen-bond donors (Lipinski definition) is 2. The van der Waals surface area contributed by atoms with Crippen LogP contribution in [0.3, 0.4) is 0 Å². The van der Waals surface area contributed by atoms with Gasteiger partial charge in [0, 0.05) is 80.2 Å². The molecule has 7 heterocycles. The number of pyridine rings is 2. The van der Waals surface area contributed by atoms with E-state index in [0.717, 1.165) is 12.2 Å². The molecular formula is C42H18F10N6. The van der Waals surface area contributed by atoms with Crippen molar-refractivity contribution in [3.8, 4) is 44.5 Å². The summed E-state index contributed by atoms with van der Waals surface area (Å²) in [6, 6.07) is 12.1. The van der Waals surface area contributed by atoms with Crippen molar-refractivity contribution in [1.82, 2.24) is 29.9 Å². The fraction of sp³-hybridized carbons (Fsp3) is 0. The topological polar surface area (TPSA) is 83.1 Å². The number of aromatic nitrogens is 6. The van der Waals surface area contributed by atoms with Gasteiger partial charge in [-0.3, -0.25) is 9.97 Å². The van der Waals surface area contributed by atoms with Crippen LogP contribution in [0.15, 0.2) is 73.3 Å². The molecule has 2 N–H and O–H groups in total. The Hall–Kier alpha value is -7.36. The number of nitrogens with zero attached hydrogens (tertiary/aromatic N) is 4. The summed E-state index contributed by atoms with van der Waals surface area (Å²) >= 11 is 0. The van der Waals surface area contributed by atoms with Gasteiger partial charge in [0.1, 0.15) is 0 Å². The molecule has 16 heteroatoms. The van der Waals surface area contributed by atoms with Crippen molar-refractivity contribution >= 4 is 46.4 Å². The molecule has 2 aromatic carbocycles. The van der Waals surface area contributed by atoms with Crippen LogP contribution < -0.4 is 0 Å². The predicted octanol–water partition coefficient (Wildman–Crippen LogP) is 11.5. The fourth-order valence-corrected chi connectivity index (χ4v) is 7.01. The summed E-state index contributed by atoms with van der Waals surface area (Å²) in [6.07, 6.45) is 11.4. The molecule has 0 amide bonds. The Morgan fingerprint density at radius 1 is 0.328 bits per heavy atom. The lowest BCUT2D eigenvalue weighted by Crippen LogP contribution is -2.05. The van der Waals surface area contributed by atoms with Crippen molar-refractivity contribution in [1.29, 1.82) is 0 Å². The van der Waals surface area contributed by atoms with Crippen molar-refractivity contribution in [3.63, 3.8) is 0 Å². The highest BCUT2D eigenvalue weighted by Crippen LogP contribution is 2.42. The van der Waals surface area contributed by atoms with Crippen LogP contribution in [0.2, 0.25) is 0 Å². The van der Waals surface area contributed by atoms with E-state index in [0.29, 0.717) is 33.6 Å². The van der Waals surface area contributed by atoms with Gasteiger partial charge in [-0.15, -0.1) is 0 Å². The summed E-state index contributed by atoms with van der Waals surface area (Å²) < 4.78 is 151. The van der Waals surface area contributed by atoms with Crippen molar-refractivity contribution in [3.05, 3.63) is 154 Å². The monoisotopic (exact) mass is 796 g/mol. The highest BCUT2D eigenvalue weighted by Gasteiger charge is 2.32. The van der Waals surface area contributed by atoms with Crippen molar-refractivity contribution in [2.24, 2.45) is 0 Å². The number of nitrogens with one attached hydrogen (secondary N) is 2. The lowest BCUT2D eigenvalue weighted by molar-refractivity contribution is 0.381. The van der Waals surface area contributed by atoms with Gasteiger partial charge in [-0.1, -0.05) is 12.1 Å². The maximum atomic E-state index is 15.7. The van der Waals surface area contributed by atoms with Crippen LogP contribution in [0, 0.1) is 58.2 Å². The van der Waals surface area contributed by atoms with Gasteiger partial charge in [-0.2, -0.15) is 0 Å². The zero-order chi connectivity index (χ0) is 40.6. The number of hydrogen-bond acceptors (Lipinski definition) is 4. The predicted molar refractivity (Wildman–Crippen MR) is 196 cm³/mol. The third kappa shape index (κ3) is 5.58. The van der Waals surface area contributed by atoms with Gasteiger partial charge >= 0.3 is 0 Å². The highest BCUT2D eigenvalue weighted by atomic mass is 19.2. The standard InChI is InChI=1S/C42H18F10N6/c43-33-31(34(44)38(48)41(51)37(33)47)29-23-9-7-21(56-23)27(17-3-1-13-53-15-17)19-5-6-20(55-19)28(18-4-2-14-54-16-18)22-8-10-24(57-22)30(26-12-11-25(29)58-26)32-35(45)39(49)42(52)40(50)36(32)46/h1-16,56-57H. The summed E-state index contributed by atoms with van der Waals surface area (Å²) in [4.78, 5) is 23.6. The van der Waals surface area contributed by atoms with E-state index < -0.39 is 91.8 Å². The first-order valence-corrected chi connectivity index (χ1v) is 16.9. The van der Waals surface area contributed by atoms with Gasteiger partial charge in [-0.05, 0) is 60.7 Å². The molecule has 58 heavy (non-hydrogen) atoms. The van der Waals surface area contributed by atoms with E-state index in [1.807, 2.05) is 0 Å². The Kier molecular flexibility index (Phi) is 8.56. The smallest absolute Gasteiger partial charge is 0.200 e. The van der Waals surface area contributed by atoms with Crippen molar-refractivity contribution in [2.45, 2.75) is 0 Å². The van der Waals surface area contributed by atoms with Gasteiger partial charge < -0.3 is 9.97 Å². The largest absolute Gasteiger partial charge is 0.354 e. The first-order valence-electron chi connectivity index (χ1n) is 16.9. The molecule has 0 saturated carbocycles. The summed E-state index contributed by atoms with van der Waals surface area (Å²) in [5.41, 5.74) is -2.96. The lowest BCUT2D eigenvalue weighted by Gasteiger charge is -2.11. The number of fused-ring (bicyclic) bond motifs is 8. The molecule has 0 spiro atoms. The quantitative estimate of drug-likeness (QED) is 0.106. The van der Waals surface area contributed by atoms with Crippen LogP contribution in [0.5, 0.6) is 0 Å². The van der Waals surface area contributed by atoms with Crippen LogP contribution in [0.25, 0.3) is 90.9 Å². The molecule has 0 atom stereocenters. The molecule has 2 aliphatic heterocycles. The summed E-state index contributed by atoms with van der Waals surface area (Å²) in [5, 5.41) is 0. The van der Waals surface area contributed by atoms with Crippen LogP contribution in [0.4, 0.5) is 43.9 Å². The Morgan fingerprint density at radius 3 is 0.931 bits per heavy atom. The average molecular weight is 797 g/mol. The zero-order valence-corrected chi connectivity index (χ0v) is 28.8. The van der Waals surface area contributed by atoms with Crippen molar-refractivity contribution < 1.29 is 43.9 Å². The van der Waals surface area contributed by atoms with E-state index in [1.54, 1.807) is 36.4 Å². The van der Waals surface area contributed by atoms with E-state index >= 15 is 17.6 Å². The van der Waals surface area contributed by atoms with Gasteiger partial charge in [-0.25, -0.2) is 53.9 Å². The molecule has 8 bridgehead atoms. The van der Waals surface area contributed by atoms with Crippen LogP contribution >= 0.6 is 0 Å². The van der Waals surface area contributed by atoms with Gasteiger partial charge in [0.25, 0.3) is 0 Å². The Labute approximate surface area is 318 Å². The Morgan fingerprint density at radius 2 is 0.621 bits per heavy atom. The first-order chi connectivity index (χ1) is 27.9. The number of H-pyrrole nitrogens is 2. The van der Waals surface area contributed by atoms with Crippen LogP contribution in [-0.2, 0) is 0 Å². The third-order valence-corrected chi connectivity index (χ3v) is 9.57. The maximum absolute atomic E-state index is 15.7. The van der Waals surface area contributed by atoms with E-state index in [2.05, 4.69) is 24.9 Å². The van der Waals surface area contributed by atoms with Gasteiger partial charge in [0.15, 0.2) is 46.5 Å². The normalized spacial score (nSPS) is 12.2. The molecule has 6 nitrogen and oxygen atoms in total. The van der Waals surface area contributed by atoms with Crippen molar-refractivity contribution in [2.75, 3.05) is 0 Å². The van der Waals surface area contributed by atoms with E-state index in [9.17, 15) is 26.3 Å². The molecule has 286 valence electrons. The molecule has 2 aliphatic rings. The molecule has 0 fully saturated rings. The first kappa shape index (κ1) is 36.3. The maximum Gasteiger partial charge on any atom is 0.200 e. The highest BCUT2D eigenvalue weighted by molar-refractivity contribution is 6.00. The summed E-state index contributed by atoms with van der Waals surface area (Å²) in [7, 11) is 0. The second-order valence-electron chi connectivity index (χ2n) is 12.9. The minimum Gasteiger partial charge on any atom is -0.354 e. The second-order valence-corrected chi connectivity index (χ2v) is 12.9. The SMILES string of the molecule is Fc1c(F)c(F)c(-c2c3nc(c(-c4c(F)c(F)c(F)c(F)c4F)c4ccc([nH]4)c(-c4cccnc4)c4nc(c(-c5cccnc5)c5ccc2[nH]5)C=C4)C=C3)c(F)c1F. The molecule has 0 saturated heterocycles. The zero-order valence-electron chi connectivity index (χ0n) is 28.8. The second kappa shape index (κ2) is 13.7. The lowest BCUT2D eigenvalue weighted by atomic mass is 10.0. The molecule has 0 unspecified atom stereocenters. The van der Waals surface area contributed by atoms with Gasteiger partial charge in [0.2, 0.25) is 11.6 Å². The number of benzene rings is 2. The van der Waals surface area contributed by atoms with Crippen LogP contribution in [0.1, 0.15) is 22.8 Å². The summed E-state index contributed by atoms with van der Waals surface area (Å²) in [5.74, 6) is -23.0. The Bertz CT molecular complexity index is 2860. The Balaban J connectivity index is 1.54. The molecule has 0 aliphatic carbocycles. The molecule has 9 rings (SSSR count). The van der Waals surface area contributed by atoms with Crippen LogP contribution in [-0.4, -0.2) is 29.9 Å². The molecule has 0 radical (unpaired) electrons. The number of rotatable bonds is 4. The molecule has 7 aromatic rings. The average Bonchev–Trinajstić information content (AvgIpc) is 4.09.